The summed E-state index contributed by atoms with van der Waals surface area (Å²) in [4.78, 5) is 10.3. The van der Waals surface area contributed by atoms with E-state index in [-0.39, 0.29) is 0 Å². The van der Waals surface area contributed by atoms with E-state index in [1.165, 1.54) is 6.07 Å². The zero-order valence-corrected chi connectivity index (χ0v) is 11.0. The highest BCUT2D eigenvalue weighted by molar-refractivity contribution is 5.48. The maximum Gasteiger partial charge on any atom is 0.416 e. The van der Waals surface area contributed by atoms with Crippen LogP contribution in [0.1, 0.15) is 44.7 Å². The van der Waals surface area contributed by atoms with Crippen molar-refractivity contribution < 1.29 is 18.1 Å². The minimum absolute atomic E-state index is 0.357. The molecule has 1 aromatic carbocycles. The van der Waals surface area contributed by atoms with Crippen molar-refractivity contribution >= 4 is 5.69 Å². The van der Waals surface area contributed by atoms with E-state index in [4.69, 9.17) is 0 Å². The third kappa shape index (κ3) is 3.05. The van der Waals surface area contributed by atoms with E-state index < -0.39 is 27.8 Å². The van der Waals surface area contributed by atoms with Gasteiger partial charge in [-0.2, -0.15) is 13.2 Å². The summed E-state index contributed by atoms with van der Waals surface area (Å²) in [7, 11) is 0. The van der Waals surface area contributed by atoms with Gasteiger partial charge in [0.05, 0.1) is 10.5 Å². The van der Waals surface area contributed by atoms with Crippen molar-refractivity contribution in [2.45, 2.75) is 45.2 Å². The van der Waals surface area contributed by atoms with Gasteiger partial charge in [0.2, 0.25) is 0 Å². The minimum atomic E-state index is -4.57. The lowest BCUT2D eigenvalue weighted by Crippen LogP contribution is -2.21. The summed E-state index contributed by atoms with van der Waals surface area (Å²) in [6.07, 6.45) is -3.33. The van der Waals surface area contributed by atoms with E-state index in [9.17, 15) is 23.3 Å². The van der Waals surface area contributed by atoms with Gasteiger partial charge in [0.25, 0.3) is 5.69 Å². The highest BCUT2D eigenvalue weighted by Crippen LogP contribution is 2.40. The number of rotatable bonds is 4. The van der Waals surface area contributed by atoms with Gasteiger partial charge in [-0.3, -0.25) is 10.1 Å². The molecule has 0 aliphatic rings. The van der Waals surface area contributed by atoms with Crippen molar-refractivity contribution in [3.05, 3.63) is 39.4 Å². The number of nitro benzene ring substituents is 1. The van der Waals surface area contributed by atoms with Gasteiger partial charge in [0.15, 0.2) is 0 Å². The SMILES string of the molecule is CCC(C)(CC)c1ccc(C(F)(F)F)cc1[N+](=O)[O-]. The molecule has 0 amide bonds. The lowest BCUT2D eigenvalue weighted by Gasteiger charge is -2.27. The molecule has 0 aliphatic heterocycles. The first-order valence-corrected chi connectivity index (χ1v) is 6.02. The lowest BCUT2D eigenvalue weighted by molar-refractivity contribution is -0.386. The van der Waals surface area contributed by atoms with Crippen LogP contribution in [0.3, 0.4) is 0 Å². The van der Waals surface area contributed by atoms with Crippen LogP contribution in [0.4, 0.5) is 18.9 Å². The molecular weight excluding hydrogens is 259 g/mol. The van der Waals surface area contributed by atoms with Crippen LogP contribution < -0.4 is 0 Å². The first kappa shape index (κ1) is 15.5. The summed E-state index contributed by atoms with van der Waals surface area (Å²) in [5.41, 5.74) is -1.58. The fourth-order valence-electron chi connectivity index (χ4n) is 2.00. The largest absolute Gasteiger partial charge is 0.416 e. The Morgan fingerprint density at radius 1 is 1.21 bits per heavy atom. The van der Waals surface area contributed by atoms with Gasteiger partial charge in [-0.05, 0) is 24.3 Å². The second kappa shape index (κ2) is 5.19. The third-order valence-corrected chi connectivity index (χ3v) is 3.73. The van der Waals surface area contributed by atoms with E-state index in [1.54, 1.807) is 0 Å². The van der Waals surface area contributed by atoms with Crippen LogP contribution in [-0.2, 0) is 11.6 Å². The third-order valence-electron chi connectivity index (χ3n) is 3.73. The average Bonchev–Trinajstić information content (AvgIpc) is 2.36. The molecule has 1 rings (SSSR count). The van der Waals surface area contributed by atoms with Gasteiger partial charge in [-0.1, -0.05) is 26.8 Å². The molecule has 0 saturated heterocycles. The Morgan fingerprint density at radius 2 is 1.74 bits per heavy atom. The van der Waals surface area contributed by atoms with Gasteiger partial charge >= 0.3 is 6.18 Å². The number of halogens is 3. The predicted molar refractivity (Wildman–Crippen MR) is 66.0 cm³/mol. The zero-order chi connectivity index (χ0) is 14.8. The van der Waals surface area contributed by atoms with E-state index in [1.807, 2.05) is 20.8 Å². The van der Waals surface area contributed by atoms with Crippen molar-refractivity contribution in [2.24, 2.45) is 0 Å². The Kier molecular flexibility index (Phi) is 4.22. The second-order valence-corrected chi connectivity index (χ2v) is 4.75. The molecular formula is C13H16F3NO2. The summed E-state index contributed by atoms with van der Waals surface area (Å²) < 4.78 is 37.8. The quantitative estimate of drug-likeness (QED) is 0.591. The summed E-state index contributed by atoms with van der Waals surface area (Å²) in [5.74, 6) is 0. The maximum absolute atomic E-state index is 12.6. The van der Waals surface area contributed by atoms with Crippen molar-refractivity contribution in [3.63, 3.8) is 0 Å². The summed E-state index contributed by atoms with van der Waals surface area (Å²) >= 11 is 0. The van der Waals surface area contributed by atoms with E-state index >= 15 is 0 Å². The highest BCUT2D eigenvalue weighted by atomic mass is 19.4. The lowest BCUT2D eigenvalue weighted by atomic mass is 9.77. The Hall–Kier alpha value is -1.59. The molecule has 0 atom stereocenters. The molecule has 0 heterocycles. The molecule has 6 heteroatoms. The van der Waals surface area contributed by atoms with Crippen LogP contribution in [0.25, 0.3) is 0 Å². The molecule has 0 fully saturated rings. The number of nitro groups is 1. The molecule has 3 nitrogen and oxygen atoms in total. The Labute approximate surface area is 109 Å². The normalized spacial score (nSPS) is 12.5. The monoisotopic (exact) mass is 275 g/mol. The molecule has 0 bridgehead atoms. The van der Waals surface area contributed by atoms with Crippen molar-refractivity contribution in [2.75, 3.05) is 0 Å². The minimum Gasteiger partial charge on any atom is -0.258 e. The number of benzene rings is 1. The fraction of sp³-hybridized carbons (Fsp3) is 0.538. The molecule has 0 N–H and O–H groups in total. The molecule has 0 aliphatic carbocycles. The molecule has 0 aromatic heterocycles. The van der Waals surface area contributed by atoms with Crippen LogP contribution in [-0.4, -0.2) is 4.92 Å². The molecule has 0 unspecified atom stereocenters. The molecule has 1 aromatic rings. The van der Waals surface area contributed by atoms with Gasteiger partial charge in [0, 0.05) is 11.6 Å². The molecule has 0 spiro atoms. The van der Waals surface area contributed by atoms with E-state index in [2.05, 4.69) is 0 Å². The van der Waals surface area contributed by atoms with Crippen LogP contribution in [0.5, 0.6) is 0 Å². The first-order valence-electron chi connectivity index (χ1n) is 6.02. The molecule has 0 saturated carbocycles. The molecule has 106 valence electrons. The summed E-state index contributed by atoms with van der Waals surface area (Å²) in [5, 5.41) is 11.0. The fourth-order valence-corrected chi connectivity index (χ4v) is 2.00. The maximum atomic E-state index is 12.6. The number of nitrogens with zero attached hydrogens (tertiary/aromatic N) is 1. The Balaban J connectivity index is 3.47. The van der Waals surface area contributed by atoms with Crippen LogP contribution in [0.15, 0.2) is 18.2 Å². The smallest absolute Gasteiger partial charge is 0.258 e. The van der Waals surface area contributed by atoms with Gasteiger partial charge in [-0.15, -0.1) is 0 Å². The molecule has 19 heavy (non-hydrogen) atoms. The van der Waals surface area contributed by atoms with Crippen LogP contribution in [0.2, 0.25) is 0 Å². The van der Waals surface area contributed by atoms with Gasteiger partial charge in [0.1, 0.15) is 0 Å². The van der Waals surface area contributed by atoms with Crippen LogP contribution >= 0.6 is 0 Å². The predicted octanol–water partition coefficient (Wildman–Crippen LogP) is 4.69. The van der Waals surface area contributed by atoms with Crippen molar-refractivity contribution in [1.29, 1.82) is 0 Å². The zero-order valence-electron chi connectivity index (χ0n) is 11.0. The van der Waals surface area contributed by atoms with Crippen molar-refractivity contribution in [3.8, 4) is 0 Å². The van der Waals surface area contributed by atoms with Gasteiger partial charge < -0.3 is 0 Å². The second-order valence-electron chi connectivity index (χ2n) is 4.75. The first-order chi connectivity index (χ1) is 8.65. The standard InChI is InChI=1S/C13H16F3NO2/c1-4-12(3,5-2)10-7-6-9(13(14,15)16)8-11(10)17(18)19/h6-8H,4-5H2,1-3H3. The van der Waals surface area contributed by atoms with Crippen molar-refractivity contribution in [1.82, 2.24) is 0 Å². The van der Waals surface area contributed by atoms with Crippen LogP contribution in [0, 0.1) is 10.1 Å². The Bertz CT molecular complexity index is 479. The average molecular weight is 275 g/mol. The van der Waals surface area contributed by atoms with Gasteiger partial charge in [-0.25, -0.2) is 0 Å². The number of alkyl halides is 3. The topological polar surface area (TPSA) is 43.1 Å². The van der Waals surface area contributed by atoms with E-state index in [0.29, 0.717) is 24.5 Å². The summed E-state index contributed by atoms with van der Waals surface area (Å²) in [6, 6.07) is 2.76. The summed E-state index contributed by atoms with van der Waals surface area (Å²) in [6.45, 7) is 5.55. The molecule has 0 radical (unpaired) electrons. The number of hydrogen-bond acceptors (Lipinski definition) is 2. The Morgan fingerprint density at radius 3 is 2.11 bits per heavy atom. The van der Waals surface area contributed by atoms with E-state index in [0.717, 1.165) is 6.07 Å². The number of hydrogen-bond donors (Lipinski definition) is 0. The highest BCUT2D eigenvalue weighted by Gasteiger charge is 2.36.